The van der Waals surface area contributed by atoms with Gasteiger partial charge in [0.25, 0.3) is 11.8 Å². The van der Waals surface area contributed by atoms with Crippen molar-refractivity contribution in [2.24, 2.45) is 0 Å². The maximum atomic E-state index is 13.7. The van der Waals surface area contributed by atoms with Gasteiger partial charge in [-0.15, -0.1) is 0 Å². The molecule has 0 aliphatic carbocycles. The number of aromatic nitrogens is 1. The number of carbonyl (C=O) groups is 3. The SMILES string of the molecule is COc1ccc(CN2C(=O)C(C)=C(c3cc(/C=C\C=O)c(N(C)Cc4ccccn4)cc3OC)C2=O)cc1OC. The van der Waals surface area contributed by atoms with Gasteiger partial charge in [0.05, 0.1) is 45.7 Å². The van der Waals surface area contributed by atoms with Crippen LogP contribution >= 0.6 is 0 Å². The number of carbonyl (C=O) groups excluding carboxylic acids is 3. The molecule has 0 radical (unpaired) electrons. The van der Waals surface area contributed by atoms with Gasteiger partial charge < -0.3 is 19.1 Å². The smallest absolute Gasteiger partial charge is 0.262 e. The minimum absolute atomic E-state index is 0.0595. The summed E-state index contributed by atoms with van der Waals surface area (Å²) in [6.45, 7) is 2.19. The molecule has 1 aromatic heterocycles. The Morgan fingerprint density at radius 1 is 0.925 bits per heavy atom. The first kappa shape index (κ1) is 28.1. The topological polar surface area (TPSA) is 98.3 Å². The number of hydrogen-bond donors (Lipinski definition) is 0. The van der Waals surface area contributed by atoms with E-state index in [0.717, 1.165) is 11.4 Å². The molecule has 3 aromatic rings. The first-order valence-corrected chi connectivity index (χ1v) is 12.6. The molecular weight excluding hydrogens is 510 g/mol. The number of ether oxygens (including phenoxy) is 3. The average Bonchev–Trinajstić information content (AvgIpc) is 3.18. The Bertz CT molecular complexity index is 1500. The van der Waals surface area contributed by atoms with Crippen molar-refractivity contribution in [1.29, 1.82) is 0 Å². The van der Waals surface area contributed by atoms with Gasteiger partial charge in [0, 0.05) is 36.1 Å². The summed E-state index contributed by atoms with van der Waals surface area (Å²) in [4.78, 5) is 45.8. The van der Waals surface area contributed by atoms with Crippen LogP contribution in [0.4, 0.5) is 5.69 Å². The van der Waals surface area contributed by atoms with Gasteiger partial charge in [0.1, 0.15) is 12.0 Å². The van der Waals surface area contributed by atoms with E-state index in [0.29, 0.717) is 52.3 Å². The summed E-state index contributed by atoms with van der Waals surface area (Å²) in [5.41, 5.74) is 4.04. The molecule has 2 aromatic carbocycles. The number of benzene rings is 2. The highest BCUT2D eigenvalue weighted by molar-refractivity contribution is 6.36. The van der Waals surface area contributed by atoms with Gasteiger partial charge in [0.2, 0.25) is 0 Å². The zero-order valence-electron chi connectivity index (χ0n) is 23.1. The number of imide groups is 1. The van der Waals surface area contributed by atoms with Crippen molar-refractivity contribution in [3.8, 4) is 17.2 Å². The summed E-state index contributed by atoms with van der Waals surface area (Å²) in [7, 11) is 6.48. The Balaban J connectivity index is 1.72. The summed E-state index contributed by atoms with van der Waals surface area (Å²) < 4.78 is 16.4. The van der Waals surface area contributed by atoms with Gasteiger partial charge in [-0.05, 0) is 60.5 Å². The van der Waals surface area contributed by atoms with Crippen LogP contribution in [0.25, 0.3) is 11.6 Å². The summed E-state index contributed by atoms with van der Waals surface area (Å²) in [5.74, 6) is 0.653. The minimum atomic E-state index is -0.435. The van der Waals surface area contributed by atoms with E-state index in [2.05, 4.69) is 4.98 Å². The predicted octanol–water partition coefficient (Wildman–Crippen LogP) is 4.30. The molecule has 0 spiro atoms. The van der Waals surface area contributed by atoms with E-state index in [1.165, 1.54) is 32.3 Å². The molecule has 2 amide bonds. The fourth-order valence-corrected chi connectivity index (χ4v) is 4.70. The van der Waals surface area contributed by atoms with Gasteiger partial charge in [-0.2, -0.15) is 0 Å². The van der Waals surface area contributed by atoms with Gasteiger partial charge in [0.15, 0.2) is 11.5 Å². The zero-order chi connectivity index (χ0) is 28.8. The van der Waals surface area contributed by atoms with Crippen LogP contribution in [-0.4, -0.2) is 56.4 Å². The fourth-order valence-electron chi connectivity index (χ4n) is 4.70. The average molecular weight is 542 g/mol. The van der Waals surface area contributed by atoms with Crippen LogP contribution in [0.3, 0.4) is 0 Å². The third kappa shape index (κ3) is 5.58. The Kier molecular flexibility index (Phi) is 8.63. The van der Waals surface area contributed by atoms with E-state index in [9.17, 15) is 14.4 Å². The number of pyridine rings is 1. The first-order valence-electron chi connectivity index (χ1n) is 12.6. The molecule has 1 aliphatic heterocycles. The van der Waals surface area contributed by atoms with Crippen molar-refractivity contribution < 1.29 is 28.6 Å². The first-order chi connectivity index (χ1) is 19.3. The van der Waals surface area contributed by atoms with Gasteiger partial charge in [-0.25, -0.2) is 0 Å². The molecule has 0 bridgehead atoms. The maximum Gasteiger partial charge on any atom is 0.262 e. The molecule has 0 saturated carbocycles. The van der Waals surface area contributed by atoms with E-state index >= 15 is 0 Å². The number of rotatable bonds is 11. The molecule has 4 rings (SSSR count). The highest BCUT2D eigenvalue weighted by Gasteiger charge is 2.38. The quantitative estimate of drug-likeness (QED) is 0.201. The largest absolute Gasteiger partial charge is 0.496 e. The van der Waals surface area contributed by atoms with Gasteiger partial charge >= 0.3 is 0 Å². The second kappa shape index (κ2) is 12.3. The Hall–Kier alpha value is -4.92. The number of hydrogen-bond acceptors (Lipinski definition) is 8. The van der Waals surface area contributed by atoms with E-state index in [-0.39, 0.29) is 12.1 Å². The van der Waals surface area contributed by atoms with Crippen molar-refractivity contribution in [2.45, 2.75) is 20.0 Å². The Morgan fingerprint density at radius 3 is 2.33 bits per heavy atom. The van der Waals surface area contributed by atoms with Crippen LogP contribution in [-0.2, 0) is 27.5 Å². The van der Waals surface area contributed by atoms with Gasteiger partial charge in [-0.1, -0.05) is 12.1 Å². The van der Waals surface area contributed by atoms with Crippen LogP contribution in [0.15, 0.2) is 66.4 Å². The molecule has 0 unspecified atom stereocenters. The Labute approximate surface area is 233 Å². The monoisotopic (exact) mass is 541 g/mol. The standard InChI is InChI=1S/C31H31N3O6/c1-20-29(31(37)34(30(20)36)18-21-11-12-26(38-3)28(15-21)40-5)24-16-22(9-8-14-35)25(17-27(24)39-4)33(2)19-23-10-6-7-13-32-23/h6-17H,18-19H2,1-5H3/b9-8-. The molecule has 2 heterocycles. The predicted molar refractivity (Wildman–Crippen MR) is 152 cm³/mol. The van der Waals surface area contributed by atoms with Crippen molar-refractivity contribution in [1.82, 2.24) is 9.88 Å². The highest BCUT2D eigenvalue weighted by Crippen LogP contribution is 2.40. The maximum absolute atomic E-state index is 13.7. The summed E-state index contributed by atoms with van der Waals surface area (Å²) in [6.07, 6.45) is 5.46. The second-order valence-corrected chi connectivity index (χ2v) is 9.17. The Morgan fingerprint density at radius 2 is 1.68 bits per heavy atom. The van der Waals surface area contributed by atoms with E-state index in [1.807, 2.05) is 30.1 Å². The highest BCUT2D eigenvalue weighted by atomic mass is 16.5. The third-order valence-electron chi connectivity index (χ3n) is 6.70. The van der Waals surface area contributed by atoms with Crippen LogP contribution in [0.5, 0.6) is 17.2 Å². The molecule has 0 atom stereocenters. The molecule has 9 heteroatoms. The molecule has 9 nitrogen and oxygen atoms in total. The van der Waals surface area contributed by atoms with Gasteiger partial charge in [-0.3, -0.25) is 24.3 Å². The number of amides is 2. The van der Waals surface area contributed by atoms with Crippen LogP contribution in [0, 0.1) is 0 Å². The number of methoxy groups -OCH3 is 3. The lowest BCUT2D eigenvalue weighted by Gasteiger charge is -2.24. The van der Waals surface area contributed by atoms with E-state index in [1.54, 1.807) is 49.5 Å². The minimum Gasteiger partial charge on any atom is -0.496 e. The lowest BCUT2D eigenvalue weighted by atomic mass is 9.97. The molecule has 40 heavy (non-hydrogen) atoms. The van der Waals surface area contributed by atoms with Crippen LogP contribution in [0.2, 0.25) is 0 Å². The van der Waals surface area contributed by atoms with E-state index < -0.39 is 11.8 Å². The van der Waals surface area contributed by atoms with E-state index in [4.69, 9.17) is 14.2 Å². The van der Waals surface area contributed by atoms with Crippen molar-refractivity contribution >= 4 is 35.4 Å². The zero-order valence-corrected chi connectivity index (χ0v) is 23.1. The number of aldehydes is 1. The molecule has 0 saturated heterocycles. The lowest BCUT2D eigenvalue weighted by molar-refractivity contribution is -0.137. The molecular formula is C31H31N3O6. The number of anilines is 1. The normalized spacial score (nSPS) is 13.3. The second-order valence-electron chi connectivity index (χ2n) is 9.17. The number of nitrogens with zero attached hydrogens (tertiary/aromatic N) is 3. The number of allylic oxidation sites excluding steroid dienone is 1. The molecule has 0 fully saturated rings. The van der Waals surface area contributed by atoms with Crippen molar-refractivity contribution in [3.63, 3.8) is 0 Å². The van der Waals surface area contributed by atoms with Crippen LogP contribution < -0.4 is 19.1 Å². The summed E-state index contributed by atoms with van der Waals surface area (Å²) >= 11 is 0. The molecule has 0 N–H and O–H groups in total. The van der Waals surface area contributed by atoms with Crippen LogP contribution in [0.1, 0.15) is 29.3 Å². The molecule has 1 aliphatic rings. The van der Waals surface area contributed by atoms with Crippen molar-refractivity contribution in [2.75, 3.05) is 33.3 Å². The fraction of sp³-hybridized carbons (Fsp3) is 0.226. The third-order valence-corrected chi connectivity index (χ3v) is 6.70. The summed E-state index contributed by atoms with van der Waals surface area (Å²) in [5, 5.41) is 0. The molecule has 206 valence electrons. The lowest BCUT2D eigenvalue weighted by Crippen LogP contribution is -2.31. The summed E-state index contributed by atoms with van der Waals surface area (Å²) in [6, 6.07) is 14.5. The van der Waals surface area contributed by atoms with Crippen molar-refractivity contribution in [3.05, 3.63) is 88.8 Å².